The number of hydrogen-bond acceptors (Lipinski definition) is 6. The third-order valence-corrected chi connectivity index (χ3v) is 5.28. The lowest BCUT2D eigenvalue weighted by Gasteiger charge is -2.06. The zero-order valence-electron chi connectivity index (χ0n) is 17.9. The Morgan fingerprint density at radius 1 is 1.09 bits per heavy atom. The van der Waals surface area contributed by atoms with Crippen molar-refractivity contribution in [1.29, 1.82) is 0 Å². The number of halogens is 1. The summed E-state index contributed by atoms with van der Waals surface area (Å²) in [4.78, 5) is 26.9. The van der Waals surface area contributed by atoms with Crippen LogP contribution in [0, 0.1) is 10.1 Å². The van der Waals surface area contributed by atoms with Gasteiger partial charge in [-0.1, -0.05) is 62.8 Å². The van der Waals surface area contributed by atoms with Crippen molar-refractivity contribution in [3.8, 4) is 5.75 Å². The van der Waals surface area contributed by atoms with Gasteiger partial charge in [0.2, 0.25) is 5.90 Å². The summed E-state index contributed by atoms with van der Waals surface area (Å²) in [6, 6.07) is 11.5. The molecule has 0 aromatic heterocycles. The number of nitrogens with zero attached hydrogens (tertiary/aromatic N) is 2. The van der Waals surface area contributed by atoms with Gasteiger partial charge in [-0.3, -0.25) is 10.1 Å². The van der Waals surface area contributed by atoms with Crippen molar-refractivity contribution in [3.05, 3.63) is 74.4 Å². The number of cyclic esters (lactones) is 1. The van der Waals surface area contributed by atoms with Crippen LogP contribution in [-0.2, 0) is 9.53 Å². The van der Waals surface area contributed by atoms with Gasteiger partial charge in [0.1, 0.15) is 10.8 Å². The van der Waals surface area contributed by atoms with Crippen LogP contribution in [0.1, 0.15) is 56.6 Å². The number of rotatable bonds is 11. The molecule has 0 amide bonds. The molecule has 0 aliphatic carbocycles. The second-order valence-electron chi connectivity index (χ2n) is 7.44. The van der Waals surface area contributed by atoms with Crippen molar-refractivity contribution < 1.29 is 19.2 Å². The average molecular weight is 457 g/mol. The number of unbranched alkanes of at least 4 members (excludes halogenated alkanes) is 5. The van der Waals surface area contributed by atoms with Gasteiger partial charge in [0.05, 0.1) is 11.5 Å². The van der Waals surface area contributed by atoms with Crippen LogP contribution >= 0.6 is 11.6 Å². The van der Waals surface area contributed by atoms with Crippen molar-refractivity contribution in [3.63, 3.8) is 0 Å². The van der Waals surface area contributed by atoms with Gasteiger partial charge >= 0.3 is 5.97 Å². The lowest BCUT2D eigenvalue weighted by Crippen LogP contribution is -2.06. The molecular formula is C24H25ClN2O5. The molecule has 0 fully saturated rings. The number of hydrogen-bond donors (Lipinski definition) is 0. The van der Waals surface area contributed by atoms with Crippen LogP contribution in [-0.4, -0.2) is 23.4 Å². The molecule has 32 heavy (non-hydrogen) atoms. The van der Waals surface area contributed by atoms with Gasteiger partial charge in [-0.15, -0.1) is 0 Å². The van der Waals surface area contributed by atoms with Crippen LogP contribution in [0.4, 0.5) is 5.69 Å². The Kier molecular flexibility index (Phi) is 8.39. The zero-order chi connectivity index (χ0) is 22.9. The molecule has 7 nitrogen and oxygen atoms in total. The minimum absolute atomic E-state index is 0.0000862. The third kappa shape index (κ3) is 6.40. The third-order valence-electron chi connectivity index (χ3n) is 4.96. The van der Waals surface area contributed by atoms with Crippen molar-refractivity contribution in [2.45, 2.75) is 45.4 Å². The maximum Gasteiger partial charge on any atom is 0.363 e. The molecule has 3 rings (SSSR count). The second-order valence-corrected chi connectivity index (χ2v) is 7.85. The van der Waals surface area contributed by atoms with Gasteiger partial charge in [-0.25, -0.2) is 9.79 Å². The number of benzene rings is 2. The first kappa shape index (κ1) is 23.5. The molecule has 1 aliphatic rings. The van der Waals surface area contributed by atoms with E-state index in [1.54, 1.807) is 6.08 Å². The quantitative estimate of drug-likeness (QED) is 0.129. The van der Waals surface area contributed by atoms with Crippen LogP contribution in [0.5, 0.6) is 5.75 Å². The second kappa shape index (κ2) is 11.4. The van der Waals surface area contributed by atoms with Gasteiger partial charge < -0.3 is 9.47 Å². The van der Waals surface area contributed by atoms with Gasteiger partial charge in [-0.2, -0.15) is 0 Å². The molecule has 0 unspecified atom stereocenters. The molecule has 0 bridgehead atoms. The van der Waals surface area contributed by atoms with Crippen molar-refractivity contribution in [2.75, 3.05) is 6.61 Å². The Morgan fingerprint density at radius 3 is 2.53 bits per heavy atom. The summed E-state index contributed by atoms with van der Waals surface area (Å²) in [5.41, 5.74) is 0.891. The predicted molar refractivity (Wildman–Crippen MR) is 124 cm³/mol. The van der Waals surface area contributed by atoms with Crippen molar-refractivity contribution >= 4 is 35.2 Å². The van der Waals surface area contributed by atoms with E-state index in [4.69, 9.17) is 21.1 Å². The molecule has 2 aromatic carbocycles. The molecule has 1 heterocycles. The van der Waals surface area contributed by atoms with E-state index in [2.05, 4.69) is 11.9 Å². The van der Waals surface area contributed by atoms with E-state index >= 15 is 0 Å². The normalized spacial score (nSPS) is 14.4. The number of nitro benzene ring substituents is 1. The molecule has 0 atom stereocenters. The van der Waals surface area contributed by atoms with E-state index in [0.717, 1.165) is 17.7 Å². The molecule has 8 heteroatoms. The average Bonchev–Trinajstić information content (AvgIpc) is 3.14. The SMILES string of the molecule is CCCCCCCCOc1ccc(/C=C2\N=C(c3ccc(Cl)c([N+](=O)[O-])c3)OC2=O)cc1. The summed E-state index contributed by atoms with van der Waals surface area (Å²) in [6.45, 7) is 2.89. The number of ether oxygens (including phenoxy) is 2. The van der Waals surface area contributed by atoms with E-state index < -0.39 is 10.9 Å². The standard InChI is InChI=1S/C24H25ClN2O5/c1-2-3-4-5-6-7-14-31-19-11-8-17(9-12-19)15-21-24(28)32-23(26-21)18-10-13-20(25)22(16-18)27(29)30/h8-13,15-16H,2-7,14H2,1H3/b21-15-. The van der Waals surface area contributed by atoms with Crippen molar-refractivity contribution in [1.82, 2.24) is 0 Å². The fraction of sp³-hybridized carbons (Fsp3) is 0.333. The topological polar surface area (TPSA) is 91.0 Å². The van der Waals surface area contributed by atoms with Gasteiger partial charge in [0, 0.05) is 11.6 Å². The van der Waals surface area contributed by atoms with Crippen LogP contribution in [0.2, 0.25) is 5.02 Å². The fourth-order valence-electron chi connectivity index (χ4n) is 3.21. The molecule has 0 spiro atoms. The van der Waals surface area contributed by atoms with Crippen molar-refractivity contribution in [2.24, 2.45) is 4.99 Å². The van der Waals surface area contributed by atoms with E-state index in [-0.39, 0.29) is 22.3 Å². The smallest absolute Gasteiger partial charge is 0.363 e. The molecule has 0 saturated heterocycles. The highest BCUT2D eigenvalue weighted by atomic mass is 35.5. The first-order valence-corrected chi connectivity index (χ1v) is 11.1. The summed E-state index contributed by atoms with van der Waals surface area (Å²) < 4.78 is 11.0. The highest BCUT2D eigenvalue weighted by Gasteiger charge is 2.26. The molecule has 1 aliphatic heterocycles. The molecule has 168 valence electrons. The fourth-order valence-corrected chi connectivity index (χ4v) is 3.40. The van der Waals surface area contributed by atoms with Crippen LogP contribution in [0.25, 0.3) is 6.08 Å². The summed E-state index contributed by atoms with van der Waals surface area (Å²) in [7, 11) is 0. The number of carbonyl (C=O) groups excluding carboxylic acids is 1. The highest BCUT2D eigenvalue weighted by Crippen LogP contribution is 2.27. The zero-order valence-corrected chi connectivity index (χ0v) is 18.6. The molecule has 0 radical (unpaired) electrons. The lowest BCUT2D eigenvalue weighted by molar-refractivity contribution is -0.384. The molecule has 2 aromatic rings. The first-order valence-electron chi connectivity index (χ1n) is 10.7. The molecule has 0 N–H and O–H groups in total. The summed E-state index contributed by atoms with van der Waals surface area (Å²) in [5.74, 6) is 0.147. The minimum atomic E-state index is -0.624. The maximum atomic E-state index is 12.2. The Bertz CT molecular complexity index is 1030. The Balaban J connectivity index is 1.60. The van der Waals surface area contributed by atoms with Gasteiger partial charge in [0.15, 0.2) is 5.70 Å². The largest absolute Gasteiger partial charge is 0.494 e. The Hall–Kier alpha value is -3.19. The molecule has 0 saturated carbocycles. The van der Waals surface area contributed by atoms with E-state index in [0.29, 0.717) is 12.2 Å². The number of aliphatic imine (C=N–C) groups is 1. The minimum Gasteiger partial charge on any atom is -0.494 e. The number of nitro groups is 1. The van der Waals surface area contributed by atoms with Crippen LogP contribution < -0.4 is 4.74 Å². The Morgan fingerprint density at radius 2 is 1.81 bits per heavy atom. The Labute approximate surface area is 191 Å². The monoisotopic (exact) mass is 456 g/mol. The highest BCUT2D eigenvalue weighted by molar-refractivity contribution is 6.32. The maximum absolute atomic E-state index is 12.2. The summed E-state index contributed by atoms with van der Waals surface area (Å²) >= 11 is 5.83. The van der Waals surface area contributed by atoms with E-state index in [9.17, 15) is 14.9 Å². The summed E-state index contributed by atoms with van der Waals surface area (Å²) in [5, 5.41) is 11.1. The predicted octanol–water partition coefficient (Wildman–Crippen LogP) is 6.33. The number of carbonyl (C=O) groups is 1. The first-order chi connectivity index (χ1) is 15.5. The molecular weight excluding hydrogens is 432 g/mol. The van der Waals surface area contributed by atoms with Gasteiger partial charge in [-0.05, 0) is 42.3 Å². The van der Waals surface area contributed by atoms with Crippen LogP contribution in [0.15, 0.2) is 53.2 Å². The van der Waals surface area contributed by atoms with Gasteiger partial charge in [0.25, 0.3) is 5.69 Å². The van der Waals surface area contributed by atoms with E-state index in [1.165, 1.54) is 50.3 Å². The summed E-state index contributed by atoms with van der Waals surface area (Å²) in [6.07, 6.45) is 8.85. The lowest BCUT2D eigenvalue weighted by atomic mass is 10.1. The van der Waals surface area contributed by atoms with Crippen LogP contribution in [0.3, 0.4) is 0 Å². The number of esters is 1. The van der Waals surface area contributed by atoms with E-state index in [1.807, 2.05) is 24.3 Å².